The van der Waals surface area contributed by atoms with Crippen molar-refractivity contribution in [2.24, 2.45) is 47.3 Å². The molecule has 0 bridgehead atoms. The van der Waals surface area contributed by atoms with E-state index in [-0.39, 0.29) is 158 Å². The molecule has 0 nitrogen and oxygen atoms in total. The summed E-state index contributed by atoms with van der Waals surface area (Å²) in [6.45, 7) is 17.4. The van der Waals surface area contributed by atoms with E-state index >= 15 is 0 Å². The molecule has 0 spiro atoms. The molecular formula is C54H117F2In2K2Li. The third kappa shape index (κ3) is 51.6. The van der Waals surface area contributed by atoms with E-state index in [1.165, 1.54) is 180 Å². The Bertz CT molecular complexity index is 707. The van der Waals surface area contributed by atoms with Gasteiger partial charge in [-0.3, -0.25) is 0 Å². The van der Waals surface area contributed by atoms with Gasteiger partial charge in [0.15, 0.2) is 0 Å². The van der Waals surface area contributed by atoms with Crippen molar-refractivity contribution < 1.29 is 130 Å². The van der Waals surface area contributed by atoms with Gasteiger partial charge in [0, 0.05) is 6.42 Å². The summed E-state index contributed by atoms with van der Waals surface area (Å²) >= 11 is 1.90. The van der Waals surface area contributed by atoms with Gasteiger partial charge in [-0.1, -0.05) is 242 Å². The van der Waals surface area contributed by atoms with Crippen LogP contribution in [-0.2, 0) is 0 Å². The van der Waals surface area contributed by atoms with Gasteiger partial charge >= 0.3 is 180 Å². The zero-order valence-electron chi connectivity index (χ0n) is 45.8. The Hall–Kier alpha value is 5.47. The summed E-state index contributed by atoms with van der Waals surface area (Å²) in [5.41, 5.74) is 0. The van der Waals surface area contributed by atoms with E-state index in [1.54, 1.807) is 0 Å². The van der Waals surface area contributed by atoms with Gasteiger partial charge < -0.3 is 22.3 Å². The first-order valence-electron chi connectivity index (χ1n) is 25.4. The molecule has 0 radical (unpaired) electrons. The zero-order valence-corrected chi connectivity index (χ0v) is 63.5. The monoisotopic (exact) mass is 1120 g/mol. The summed E-state index contributed by atoms with van der Waals surface area (Å²) in [6.07, 6.45) is 42.5. The summed E-state index contributed by atoms with van der Waals surface area (Å²) < 4.78 is 29.2. The molecule has 0 saturated heterocycles. The van der Waals surface area contributed by atoms with Crippen LogP contribution in [0.5, 0.6) is 0 Å². The summed E-state index contributed by atoms with van der Waals surface area (Å²) in [7, 11) is 0. The number of hydrogen-bond acceptors (Lipinski definition) is 0. The number of halogens is 2. The maximum Gasteiger partial charge on any atom is 1.00 e. The molecule has 3 atom stereocenters. The normalized spacial score (nSPS) is 18.6. The SMILES string of the molecule is C.CC(F)(F)CCCC1CCCC1.CCC(C)C1CCCC1.CCC(C)C1CCCC1.CCCC(C)C1CCCC1.CCCCCC1CCCC1.[CH3-].[CH3-].[CH3-].[CH3][InH2].[CH3][InH2].[K+].[K+].[Li+]. The van der Waals surface area contributed by atoms with Crippen molar-refractivity contribution in [1.29, 1.82) is 0 Å². The molecule has 0 amide bonds. The van der Waals surface area contributed by atoms with Crippen molar-refractivity contribution in [2.45, 2.75) is 277 Å². The van der Waals surface area contributed by atoms with Gasteiger partial charge in [0.25, 0.3) is 0 Å². The van der Waals surface area contributed by atoms with Crippen molar-refractivity contribution in [3.63, 3.8) is 0 Å². The first-order valence-corrected chi connectivity index (χ1v) is 36.8. The third-order valence-electron chi connectivity index (χ3n) is 14.0. The van der Waals surface area contributed by atoms with E-state index in [0.29, 0.717) is 6.42 Å². The Morgan fingerprint density at radius 1 is 0.475 bits per heavy atom. The largest absolute Gasteiger partial charge is 1.00 e. The summed E-state index contributed by atoms with van der Waals surface area (Å²) in [4.78, 5) is 0. The number of rotatable bonds is 15. The number of hydrogen-bond donors (Lipinski definition) is 0. The van der Waals surface area contributed by atoms with Crippen LogP contribution >= 0.6 is 0 Å². The molecule has 7 heteroatoms. The molecule has 0 N–H and O–H groups in total. The first kappa shape index (κ1) is 86.3. The molecule has 61 heavy (non-hydrogen) atoms. The van der Waals surface area contributed by atoms with Crippen molar-refractivity contribution >= 4 is 48.7 Å². The van der Waals surface area contributed by atoms with Crippen LogP contribution in [0.4, 0.5) is 8.78 Å². The maximum atomic E-state index is 12.4. The quantitative estimate of drug-likeness (QED) is 0.0871. The Morgan fingerprint density at radius 2 is 0.754 bits per heavy atom. The first-order chi connectivity index (χ1) is 26.0. The van der Waals surface area contributed by atoms with Crippen LogP contribution in [0.3, 0.4) is 0 Å². The van der Waals surface area contributed by atoms with E-state index in [4.69, 9.17) is 0 Å². The van der Waals surface area contributed by atoms with Crippen molar-refractivity contribution in [3.8, 4) is 0 Å². The van der Waals surface area contributed by atoms with Gasteiger partial charge in [-0.25, -0.2) is 8.78 Å². The number of alkyl halides is 2. The van der Waals surface area contributed by atoms with E-state index in [0.717, 1.165) is 109 Å². The van der Waals surface area contributed by atoms with Crippen LogP contribution in [0.1, 0.15) is 262 Å². The van der Waals surface area contributed by atoms with Crippen LogP contribution in [0, 0.1) is 69.6 Å². The molecule has 0 aromatic carbocycles. The second-order valence-corrected chi connectivity index (χ2v) is 18.4. The molecule has 5 saturated carbocycles. The molecule has 3 unspecified atom stereocenters. The second-order valence-electron chi connectivity index (χ2n) is 18.4. The molecule has 5 aliphatic carbocycles. The zero-order chi connectivity index (χ0) is 41.0. The molecule has 0 aromatic heterocycles. The Morgan fingerprint density at radius 3 is 1.02 bits per heavy atom. The fourth-order valence-electron chi connectivity index (χ4n) is 9.92. The van der Waals surface area contributed by atoms with Gasteiger partial charge in [-0.2, -0.15) is 0 Å². The topological polar surface area (TPSA) is 0 Å². The smallest absolute Gasteiger partial charge is 1.00 e. The molecule has 5 aliphatic rings. The van der Waals surface area contributed by atoms with Gasteiger partial charge in [0.05, 0.1) is 0 Å². The number of unbranched alkanes of at least 4 members (excludes halogenated alkanes) is 2. The van der Waals surface area contributed by atoms with Crippen molar-refractivity contribution in [2.75, 3.05) is 0 Å². The molecule has 356 valence electrons. The predicted molar refractivity (Wildman–Crippen MR) is 276 cm³/mol. The van der Waals surface area contributed by atoms with E-state index < -0.39 is 5.92 Å². The average Bonchev–Trinajstić information content (AvgIpc) is 4.04. The van der Waals surface area contributed by atoms with Crippen LogP contribution in [0.25, 0.3) is 0 Å². The minimum Gasteiger partial charge on any atom is 1.00 e. The van der Waals surface area contributed by atoms with Crippen LogP contribution < -0.4 is 122 Å². The minimum absolute atomic E-state index is 0. The predicted octanol–water partition coefficient (Wildman–Crippen LogP) is 10.2. The third-order valence-corrected chi connectivity index (χ3v) is 14.0. The molecule has 5 rings (SSSR count). The summed E-state index contributed by atoms with van der Waals surface area (Å²) in [5, 5.41) is 0. The Balaban J connectivity index is -0.0000000756. The standard InChI is InChI=1S/C10H18F2.2C10H20.2C9H18.CH4.5CH3.2In.2K.Li.4H/c1-10(11,12)8-4-7-9-5-2-3-6-9;1-3-6-9(2)10-7-4-5-8-10;1-2-3-4-7-10-8-5-6-9-10;2*1-3-8(2)9-6-4-5-7-9;;;;;;;;;;;;;;;/h9H,2-8H2,1H3;9-10H,3-8H2,1-2H3;10H,2-9H2,1H3;2*8-9H,3-7H2,1-2H3;1H4;5*1H3;;;;;;;;;/q;;;;;;;;3*-1;;;3*+1;;;;. The molecule has 0 aromatic rings. The minimum atomic E-state index is -2.45. The van der Waals surface area contributed by atoms with Gasteiger partial charge in [0.1, 0.15) is 0 Å². The average molecular weight is 1120 g/mol. The second kappa shape index (κ2) is 61.6. The molecular weight excluding hydrogens is 1000 g/mol. The van der Waals surface area contributed by atoms with E-state index in [9.17, 15) is 8.78 Å². The van der Waals surface area contributed by atoms with Crippen LogP contribution in [-0.4, -0.2) is 54.7 Å². The van der Waals surface area contributed by atoms with Gasteiger partial charge in [-0.05, 0) is 60.7 Å². The Labute approximate surface area is 517 Å². The fraction of sp³-hybridized carbons (Fsp3) is 0.944. The van der Waals surface area contributed by atoms with E-state index in [1.807, 2.05) is 0 Å². The van der Waals surface area contributed by atoms with Gasteiger partial charge in [0.2, 0.25) is 5.92 Å². The summed E-state index contributed by atoms with van der Waals surface area (Å²) in [5.74, 6) is 5.66. The van der Waals surface area contributed by atoms with Crippen LogP contribution in [0.15, 0.2) is 0 Å². The molecule has 0 heterocycles. The maximum absolute atomic E-state index is 12.4. The van der Waals surface area contributed by atoms with Crippen LogP contribution in [0.2, 0.25) is 9.36 Å². The van der Waals surface area contributed by atoms with Crippen molar-refractivity contribution in [1.82, 2.24) is 0 Å². The summed E-state index contributed by atoms with van der Waals surface area (Å²) in [6, 6.07) is 0. The molecule has 0 aliphatic heterocycles. The Kier molecular flexibility index (Phi) is 87.1. The van der Waals surface area contributed by atoms with Crippen molar-refractivity contribution in [3.05, 3.63) is 22.3 Å². The van der Waals surface area contributed by atoms with Gasteiger partial charge in [-0.15, -0.1) is 0 Å². The molecule has 5 fully saturated rings. The fourth-order valence-corrected chi connectivity index (χ4v) is 9.92. The van der Waals surface area contributed by atoms with E-state index in [2.05, 4.69) is 57.8 Å².